The van der Waals surface area contributed by atoms with Gasteiger partial charge in [-0.1, -0.05) is 31.4 Å². The molecule has 0 heterocycles. The standard InChI is InChI=1S/C15H20O2/c1-11-10-13(12-6-4-3-5-7-12)8-9-14(11)15(16)17-2/h8-10,12H,3-7H2,1-2H3. The van der Waals surface area contributed by atoms with Crippen LogP contribution in [0.25, 0.3) is 0 Å². The normalized spacial score (nSPS) is 16.8. The van der Waals surface area contributed by atoms with Crippen LogP contribution in [0.2, 0.25) is 0 Å². The third-order valence-corrected chi connectivity index (χ3v) is 3.73. The van der Waals surface area contributed by atoms with E-state index in [0.29, 0.717) is 11.5 Å². The number of hydrogen-bond acceptors (Lipinski definition) is 2. The number of carbonyl (C=O) groups excluding carboxylic acids is 1. The van der Waals surface area contributed by atoms with E-state index in [1.807, 2.05) is 13.0 Å². The highest BCUT2D eigenvalue weighted by atomic mass is 16.5. The predicted molar refractivity (Wildman–Crippen MR) is 68.3 cm³/mol. The smallest absolute Gasteiger partial charge is 0.338 e. The maximum Gasteiger partial charge on any atom is 0.338 e. The third kappa shape index (κ3) is 2.68. The molecule has 0 aliphatic heterocycles. The number of esters is 1. The van der Waals surface area contributed by atoms with Gasteiger partial charge in [-0.2, -0.15) is 0 Å². The second kappa shape index (κ2) is 5.35. The first-order valence-electron chi connectivity index (χ1n) is 6.41. The maximum atomic E-state index is 11.5. The molecule has 1 aromatic carbocycles. The van der Waals surface area contributed by atoms with E-state index in [4.69, 9.17) is 4.74 Å². The van der Waals surface area contributed by atoms with E-state index in [9.17, 15) is 4.79 Å². The summed E-state index contributed by atoms with van der Waals surface area (Å²) in [5, 5.41) is 0. The summed E-state index contributed by atoms with van der Waals surface area (Å²) in [7, 11) is 1.43. The van der Waals surface area contributed by atoms with Crippen molar-refractivity contribution >= 4 is 5.97 Å². The molecule has 17 heavy (non-hydrogen) atoms. The van der Waals surface area contributed by atoms with Gasteiger partial charge in [-0.15, -0.1) is 0 Å². The summed E-state index contributed by atoms with van der Waals surface area (Å²) in [6.45, 7) is 1.98. The Morgan fingerprint density at radius 1 is 1.24 bits per heavy atom. The van der Waals surface area contributed by atoms with Gasteiger partial charge >= 0.3 is 5.97 Å². The van der Waals surface area contributed by atoms with Crippen LogP contribution in [0.3, 0.4) is 0 Å². The molecular formula is C15H20O2. The second-order valence-corrected chi connectivity index (χ2v) is 4.90. The largest absolute Gasteiger partial charge is 0.465 e. The van der Waals surface area contributed by atoms with Gasteiger partial charge < -0.3 is 4.74 Å². The third-order valence-electron chi connectivity index (χ3n) is 3.73. The van der Waals surface area contributed by atoms with Crippen LogP contribution < -0.4 is 0 Å². The highest BCUT2D eigenvalue weighted by molar-refractivity contribution is 5.91. The molecule has 0 radical (unpaired) electrons. The number of ether oxygens (including phenoxy) is 1. The van der Waals surface area contributed by atoms with Crippen molar-refractivity contribution in [1.82, 2.24) is 0 Å². The zero-order valence-corrected chi connectivity index (χ0v) is 10.7. The average molecular weight is 232 g/mol. The second-order valence-electron chi connectivity index (χ2n) is 4.90. The minimum atomic E-state index is -0.238. The van der Waals surface area contributed by atoms with E-state index in [-0.39, 0.29) is 5.97 Å². The van der Waals surface area contributed by atoms with Gasteiger partial charge in [0, 0.05) is 0 Å². The number of carbonyl (C=O) groups is 1. The lowest BCUT2D eigenvalue weighted by Crippen LogP contribution is -2.08. The molecule has 0 spiro atoms. The fourth-order valence-electron chi connectivity index (χ4n) is 2.72. The highest BCUT2D eigenvalue weighted by Crippen LogP contribution is 2.33. The quantitative estimate of drug-likeness (QED) is 0.724. The number of methoxy groups -OCH3 is 1. The molecule has 2 rings (SSSR count). The van der Waals surface area contributed by atoms with Gasteiger partial charge in [-0.25, -0.2) is 4.79 Å². The van der Waals surface area contributed by atoms with Crippen LogP contribution in [0.5, 0.6) is 0 Å². The molecule has 0 amide bonds. The molecule has 0 N–H and O–H groups in total. The highest BCUT2D eigenvalue weighted by Gasteiger charge is 2.17. The predicted octanol–water partition coefficient (Wildman–Crippen LogP) is 3.83. The van der Waals surface area contributed by atoms with Crippen molar-refractivity contribution in [3.8, 4) is 0 Å². The van der Waals surface area contributed by atoms with Crippen molar-refractivity contribution < 1.29 is 9.53 Å². The Labute approximate surface area is 103 Å². The van der Waals surface area contributed by atoms with Crippen LogP contribution in [-0.4, -0.2) is 13.1 Å². The van der Waals surface area contributed by atoms with Crippen LogP contribution in [-0.2, 0) is 4.74 Å². The molecule has 0 bridgehead atoms. The van der Waals surface area contributed by atoms with Crippen LogP contribution in [0.15, 0.2) is 18.2 Å². The topological polar surface area (TPSA) is 26.3 Å². The molecule has 0 aromatic heterocycles. The molecule has 1 aliphatic carbocycles. The lowest BCUT2D eigenvalue weighted by Gasteiger charge is -2.22. The average Bonchev–Trinajstić information content (AvgIpc) is 2.39. The number of benzene rings is 1. The van der Waals surface area contributed by atoms with Gasteiger partial charge in [0.2, 0.25) is 0 Å². The molecular weight excluding hydrogens is 212 g/mol. The van der Waals surface area contributed by atoms with E-state index in [1.54, 1.807) is 0 Å². The molecule has 92 valence electrons. The Morgan fingerprint density at radius 2 is 1.94 bits per heavy atom. The molecule has 1 aliphatic rings. The van der Waals surface area contributed by atoms with Crippen LogP contribution >= 0.6 is 0 Å². The number of rotatable bonds is 2. The Balaban J connectivity index is 2.20. The van der Waals surface area contributed by atoms with E-state index >= 15 is 0 Å². The van der Waals surface area contributed by atoms with Crippen molar-refractivity contribution in [2.24, 2.45) is 0 Å². The van der Waals surface area contributed by atoms with Crippen LogP contribution in [0, 0.1) is 6.92 Å². The Kier molecular flexibility index (Phi) is 3.82. The van der Waals surface area contributed by atoms with Crippen molar-refractivity contribution in [1.29, 1.82) is 0 Å². The molecule has 0 saturated heterocycles. The number of hydrogen-bond donors (Lipinski definition) is 0. The summed E-state index contributed by atoms with van der Waals surface area (Å²) >= 11 is 0. The van der Waals surface area contributed by atoms with Gasteiger partial charge in [0.15, 0.2) is 0 Å². The van der Waals surface area contributed by atoms with Gasteiger partial charge in [0.1, 0.15) is 0 Å². The monoisotopic (exact) mass is 232 g/mol. The zero-order chi connectivity index (χ0) is 12.3. The summed E-state index contributed by atoms with van der Waals surface area (Å²) in [5.41, 5.74) is 3.10. The Morgan fingerprint density at radius 3 is 2.53 bits per heavy atom. The first-order chi connectivity index (χ1) is 8.22. The SMILES string of the molecule is COC(=O)c1ccc(C2CCCCC2)cc1C. The Hall–Kier alpha value is -1.31. The molecule has 0 unspecified atom stereocenters. The molecule has 1 aromatic rings. The van der Waals surface area contributed by atoms with Crippen molar-refractivity contribution in [2.75, 3.05) is 7.11 Å². The lowest BCUT2D eigenvalue weighted by molar-refractivity contribution is 0.0600. The van der Waals surface area contributed by atoms with Crippen molar-refractivity contribution in [3.63, 3.8) is 0 Å². The molecule has 1 saturated carbocycles. The minimum absolute atomic E-state index is 0.238. The van der Waals surface area contributed by atoms with E-state index in [0.717, 1.165) is 5.56 Å². The van der Waals surface area contributed by atoms with E-state index in [2.05, 4.69) is 12.1 Å². The van der Waals surface area contributed by atoms with E-state index < -0.39 is 0 Å². The van der Waals surface area contributed by atoms with Gasteiger partial charge in [0.25, 0.3) is 0 Å². The summed E-state index contributed by atoms with van der Waals surface area (Å²) in [6, 6.07) is 6.16. The van der Waals surface area contributed by atoms with Gasteiger partial charge in [-0.3, -0.25) is 0 Å². The fourth-order valence-corrected chi connectivity index (χ4v) is 2.72. The maximum absolute atomic E-state index is 11.5. The molecule has 1 fully saturated rings. The summed E-state index contributed by atoms with van der Waals surface area (Å²) in [4.78, 5) is 11.5. The van der Waals surface area contributed by atoms with Crippen LogP contribution in [0.4, 0.5) is 0 Å². The molecule has 0 atom stereocenters. The molecule has 2 heteroatoms. The van der Waals surface area contributed by atoms with Gasteiger partial charge in [-0.05, 0) is 42.9 Å². The number of aryl methyl sites for hydroxylation is 1. The van der Waals surface area contributed by atoms with Crippen molar-refractivity contribution in [2.45, 2.75) is 44.9 Å². The summed E-state index contributed by atoms with van der Waals surface area (Å²) < 4.78 is 4.76. The zero-order valence-electron chi connectivity index (χ0n) is 10.7. The molecule has 2 nitrogen and oxygen atoms in total. The van der Waals surface area contributed by atoms with Crippen LogP contribution in [0.1, 0.15) is 59.5 Å². The lowest BCUT2D eigenvalue weighted by atomic mass is 9.83. The summed E-state index contributed by atoms with van der Waals surface area (Å²) in [6.07, 6.45) is 6.62. The summed E-state index contributed by atoms with van der Waals surface area (Å²) in [5.74, 6) is 0.451. The first-order valence-corrected chi connectivity index (χ1v) is 6.41. The minimum Gasteiger partial charge on any atom is -0.465 e. The van der Waals surface area contributed by atoms with Crippen molar-refractivity contribution in [3.05, 3.63) is 34.9 Å². The van der Waals surface area contributed by atoms with E-state index in [1.165, 1.54) is 44.8 Å². The first kappa shape index (κ1) is 12.2. The van der Waals surface area contributed by atoms with Gasteiger partial charge in [0.05, 0.1) is 12.7 Å². The Bertz CT molecular complexity index is 403. The fraction of sp³-hybridized carbons (Fsp3) is 0.533.